The Morgan fingerprint density at radius 1 is 0.229 bits per heavy atom. The Kier molecular flexibility index (Phi) is 14.4. The first-order valence-corrected chi connectivity index (χ1v) is 35.7. The normalized spacial score (nSPS) is 12.1. The van der Waals surface area contributed by atoms with Crippen molar-refractivity contribution in [2.75, 3.05) is 9.80 Å². The summed E-state index contributed by atoms with van der Waals surface area (Å²) in [6, 6.07) is 139. The van der Waals surface area contributed by atoms with Crippen LogP contribution in [-0.4, -0.2) is 15.8 Å². The monoisotopic (exact) mass is 1330 g/mol. The van der Waals surface area contributed by atoms with Crippen molar-refractivity contribution in [2.24, 2.45) is 0 Å². The van der Waals surface area contributed by atoms with Gasteiger partial charge in [-0.3, -0.25) is 0 Å². The van der Waals surface area contributed by atoms with Gasteiger partial charge in [-0.1, -0.05) is 273 Å². The van der Waals surface area contributed by atoms with Crippen molar-refractivity contribution in [3.63, 3.8) is 0 Å². The number of benzene rings is 16. The smallest absolute Gasteiger partial charge is 0.252 e. The van der Waals surface area contributed by atoms with Crippen molar-refractivity contribution >= 4 is 101 Å². The Balaban J connectivity index is 0.984. The molecule has 18 aromatic rings. The van der Waals surface area contributed by atoms with E-state index in [1.54, 1.807) is 0 Å². The molecule has 0 bridgehead atoms. The first kappa shape index (κ1) is 60.7. The quantitative estimate of drug-likeness (QED) is 0.121. The molecule has 0 saturated carbocycles. The molecule has 16 aromatic carbocycles. The molecule has 0 radical (unpaired) electrons. The SMILES string of the molecule is N#Cc1ccccc1-c1cc(-c2ccccc2)c(N2c3cc(-n4c5ccccc5c5ccccc54)ccc3B3c4ccc(-n5c6ccccc6c6ccccc65)cc4N(c4c(-c5ccccc5)cc(-c5ccccc5C#N)cc4-c4ccccc4)c4cc(-c5ccccc5)cc2c43)c(-c2ccccc2)c1. The number of nitriles is 2. The van der Waals surface area contributed by atoms with Gasteiger partial charge >= 0.3 is 0 Å². The van der Waals surface area contributed by atoms with Crippen LogP contribution in [0.2, 0.25) is 0 Å². The fourth-order valence-corrected chi connectivity index (χ4v) is 17.0. The second-order valence-electron chi connectivity index (χ2n) is 27.2. The van der Waals surface area contributed by atoms with Gasteiger partial charge in [0.15, 0.2) is 0 Å². The summed E-state index contributed by atoms with van der Waals surface area (Å²) in [5.41, 5.74) is 31.0. The van der Waals surface area contributed by atoms with E-state index in [1.165, 1.54) is 21.5 Å². The fraction of sp³-hybridized carbons (Fsp3) is 0. The van der Waals surface area contributed by atoms with E-state index in [4.69, 9.17) is 0 Å². The van der Waals surface area contributed by atoms with Crippen molar-refractivity contribution in [3.05, 3.63) is 381 Å². The van der Waals surface area contributed by atoms with E-state index in [0.717, 1.165) is 162 Å². The van der Waals surface area contributed by atoms with Gasteiger partial charge in [0.2, 0.25) is 0 Å². The number of anilines is 6. The number of hydrogen-bond acceptors (Lipinski definition) is 4. The molecule has 486 valence electrons. The highest BCUT2D eigenvalue weighted by atomic mass is 15.2. The molecule has 105 heavy (non-hydrogen) atoms. The lowest BCUT2D eigenvalue weighted by Crippen LogP contribution is -2.61. The Labute approximate surface area is 609 Å². The third-order valence-corrected chi connectivity index (χ3v) is 21.5. The van der Waals surface area contributed by atoms with Crippen molar-refractivity contribution in [1.82, 2.24) is 9.13 Å². The zero-order valence-electron chi connectivity index (χ0n) is 57.0. The predicted octanol–water partition coefficient (Wildman–Crippen LogP) is 23.4. The summed E-state index contributed by atoms with van der Waals surface area (Å²) in [4.78, 5) is 5.24. The second kappa shape index (κ2) is 24.8. The molecule has 6 nitrogen and oxygen atoms in total. The maximum absolute atomic E-state index is 11.0. The van der Waals surface area contributed by atoms with Gasteiger partial charge in [-0.2, -0.15) is 10.5 Å². The molecule has 2 aliphatic rings. The van der Waals surface area contributed by atoms with E-state index in [-0.39, 0.29) is 6.71 Å². The lowest BCUT2D eigenvalue weighted by molar-refractivity contribution is 1.17. The lowest BCUT2D eigenvalue weighted by Gasteiger charge is -2.46. The summed E-state index contributed by atoms with van der Waals surface area (Å²) in [5, 5.41) is 26.7. The number of fused-ring (bicyclic) bond motifs is 10. The fourth-order valence-electron chi connectivity index (χ4n) is 17.0. The minimum absolute atomic E-state index is 0.346. The molecular formula is C98H61BN6. The van der Waals surface area contributed by atoms with Crippen molar-refractivity contribution < 1.29 is 0 Å². The molecule has 0 saturated heterocycles. The highest BCUT2D eigenvalue weighted by Crippen LogP contribution is 2.56. The van der Waals surface area contributed by atoms with Gasteiger partial charge in [0.25, 0.3) is 6.71 Å². The molecule has 2 aromatic heterocycles. The van der Waals surface area contributed by atoms with Crippen LogP contribution in [0.3, 0.4) is 0 Å². The minimum atomic E-state index is -0.346. The van der Waals surface area contributed by atoms with Crippen molar-refractivity contribution in [1.29, 1.82) is 10.5 Å². The molecule has 4 heterocycles. The molecule has 2 aliphatic heterocycles. The number of hydrogen-bond donors (Lipinski definition) is 0. The summed E-state index contributed by atoms with van der Waals surface area (Å²) in [7, 11) is 0. The van der Waals surface area contributed by atoms with Crippen LogP contribution in [0.15, 0.2) is 370 Å². The van der Waals surface area contributed by atoms with E-state index < -0.39 is 0 Å². The molecule has 0 aliphatic carbocycles. The van der Waals surface area contributed by atoms with Gasteiger partial charge < -0.3 is 18.9 Å². The molecule has 0 spiro atoms. The van der Waals surface area contributed by atoms with E-state index in [1.807, 2.05) is 36.4 Å². The van der Waals surface area contributed by atoms with Gasteiger partial charge in [-0.15, -0.1) is 0 Å². The van der Waals surface area contributed by atoms with Crippen LogP contribution >= 0.6 is 0 Å². The second-order valence-corrected chi connectivity index (χ2v) is 27.2. The third-order valence-electron chi connectivity index (χ3n) is 21.5. The van der Waals surface area contributed by atoms with E-state index in [2.05, 4.69) is 365 Å². The number of nitrogens with zero attached hydrogens (tertiary/aromatic N) is 6. The summed E-state index contributed by atoms with van der Waals surface area (Å²) in [6.07, 6.45) is 0. The molecule has 0 fully saturated rings. The van der Waals surface area contributed by atoms with Crippen LogP contribution in [0, 0.1) is 22.7 Å². The largest absolute Gasteiger partial charge is 0.310 e. The number of para-hydroxylation sites is 4. The summed E-state index contributed by atoms with van der Waals surface area (Å²) in [6.45, 7) is -0.346. The Morgan fingerprint density at radius 2 is 0.524 bits per heavy atom. The van der Waals surface area contributed by atoms with Crippen LogP contribution in [-0.2, 0) is 0 Å². The van der Waals surface area contributed by atoms with E-state index in [0.29, 0.717) is 11.1 Å². The molecule has 0 atom stereocenters. The Morgan fingerprint density at radius 3 is 0.857 bits per heavy atom. The van der Waals surface area contributed by atoms with Crippen molar-refractivity contribution in [2.45, 2.75) is 0 Å². The average Bonchev–Trinajstić information content (AvgIpc) is 1.64. The topological polar surface area (TPSA) is 63.9 Å². The standard InChI is InChI=1S/C98H61BN6/c100-62-69-38-16-18-40-76(69)72-54-82(65-30-8-2-9-31-65)97(83(55-72)66-32-10-3-11-33-66)104-92-60-74(102-88-46-24-20-42-78(88)79-43-21-25-47-89(79)102)50-52-86(92)99-87-53-51-75(103-90-48-26-22-44-80(90)81-45-23-27-49-91(81)103)61-93(87)105(95-59-71(58-94(104)96(95)99)64-28-6-1-7-29-64)98-84(67-34-12-4-13-35-67)56-73(77-41-19-17-39-70(77)63-101)57-85(98)68-36-14-5-15-37-68/h1-61H. The maximum atomic E-state index is 11.0. The van der Waals surface area contributed by atoms with Gasteiger partial charge in [0.05, 0.1) is 56.7 Å². The van der Waals surface area contributed by atoms with Gasteiger partial charge in [0.1, 0.15) is 0 Å². The predicted molar refractivity (Wildman–Crippen MR) is 437 cm³/mol. The van der Waals surface area contributed by atoms with Crippen LogP contribution in [0.1, 0.15) is 11.1 Å². The van der Waals surface area contributed by atoms with E-state index >= 15 is 0 Å². The van der Waals surface area contributed by atoms with E-state index in [9.17, 15) is 10.5 Å². The van der Waals surface area contributed by atoms with Gasteiger partial charge in [-0.25, -0.2) is 0 Å². The summed E-state index contributed by atoms with van der Waals surface area (Å²) < 4.78 is 4.90. The van der Waals surface area contributed by atoms with Crippen LogP contribution < -0.4 is 26.2 Å². The van der Waals surface area contributed by atoms with Gasteiger partial charge in [-0.05, 0) is 169 Å². The maximum Gasteiger partial charge on any atom is 0.252 e. The zero-order chi connectivity index (χ0) is 69.6. The molecular weight excluding hydrogens is 1270 g/mol. The molecule has 0 unspecified atom stereocenters. The number of aromatic nitrogens is 2. The highest BCUT2D eigenvalue weighted by Gasteiger charge is 2.46. The van der Waals surface area contributed by atoms with Crippen LogP contribution in [0.25, 0.3) is 133 Å². The van der Waals surface area contributed by atoms with Crippen LogP contribution in [0.4, 0.5) is 34.1 Å². The minimum Gasteiger partial charge on any atom is -0.310 e. The Bertz CT molecular complexity index is 6020. The number of rotatable bonds is 11. The van der Waals surface area contributed by atoms with Gasteiger partial charge in [0, 0.05) is 77.9 Å². The average molecular weight is 1330 g/mol. The van der Waals surface area contributed by atoms with Crippen molar-refractivity contribution in [3.8, 4) is 101 Å². The Hall–Kier alpha value is -14.2. The lowest BCUT2D eigenvalue weighted by atomic mass is 9.33. The molecule has 7 heteroatoms. The summed E-state index contributed by atoms with van der Waals surface area (Å²) >= 11 is 0. The summed E-state index contributed by atoms with van der Waals surface area (Å²) in [5.74, 6) is 0. The zero-order valence-corrected chi connectivity index (χ0v) is 57.0. The first-order chi connectivity index (χ1) is 52.0. The molecule has 0 N–H and O–H groups in total. The first-order valence-electron chi connectivity index (χ1n) is 35.7. The molecule has 20 rings (SSSR count). The highest BCUT2D eigenvalue weighted by molar-refractivity contribution is 7.00. The molecule has 0 amide bonds. The third kappa shape index (κ3) is 9.79. The van der Waals surface area contributed by atoms with Crippen LogP contribution in [0.5, 0.6) is 0 Å².